The number of aromatic nitrogens is 4. The van der Waals surface area contributed by atoms with Crippen molar-refractivity contribution in [2.45, 2.75) is 46.6 Å². The van der Waals surface area contributed by atoms with Gasteiger partial charge in [0.2, 0.25) is 0 Å². The van der Waals surface area contributed by atoms with Gasteiger partial charge in [-0.15, -0.1) is 0 Å². The van der Waals surface area contributed by atoms with Crippen molar-refractivity contribution in [2.75, 3.05) is 13.2 Å². The van der Waals surface area contributed by atoms with Crippen LogP contribution >= 0.6 is 0 Å². The number of carbonyl (C=O) groups excluding carboxylic acids is 1. The van der Waals surface area contributed by atoms with Gasteiger partial charge in [-0.1, -0.05) is 0 Å². The predicted molar refractivity (Wildman–Crippen MR) is 80.6 cm³/mol. The van der Waals surface area contributed by atoms with E-state index < -0.39 is 0 Å². The maximum atomic E-state index is 11.8. The van der Waals surface area contributed by atoms with Crippen LogP contribution in [0.1, 0.15) is 37.2 Å². The summed E-state index contributed by atoms with van der Waals surface area (Å²) in [5.74, 6) is 0.344. The van der Waals surface area contributed by atoms with Crippen LogP contribution in [0.15, 0.2) is 6.33 Å². The average molecular weight is 306 g/mol. The van der Waals surface area contributed by atoms with Gasteiger partial charge in [0, 0.05) is 17.8 Å². The van der Waals surface area contributed by atoms with E-state index in [0.717, 1.165) is 17.0 Å². The molecule has 0 bridgehead atoms. The van der Waals surface area contributed by atoms with Gasteiger partial charge in [-0.25, -0.2) is 9.50 Å². The Morgan fingerprint density at radius 3 is 2.82 bits per heavy atom. The molecule has 0 saturated heterocycles. The van der Waals surface area contributed by atoms with Gasteiger partial charge in [0.1, 0.15) is 12.9 Å². The number of fused-ring (bicyclic) bond motifs is 1. The smallest absolute Gasteiger partial charge is 0.306 e. The first-order valence-electron chi connectivity index (χ1n) is 7.42. The molecule has 0 fully saturated rings. The van der Waals surface area contributed by atoms with E-state index in [9.17, 15) is 4.79 Å². The van der Waals surface area contributed by atoms with Gasteiger partial charge in [0.15, 0.2) is 0 Å². The molecular formula is C15H22N4O3. The zero-order chi connectivity index (χ0) is 16.1. The number of rotatable bonds is 7. The lowest BCUT2D eigenvalue weighted by molar-refractivity contribution is -0.145. The molecule has 22 heavy (non-hydrogen) atoms. The van der Waals surface area contributed by atoms with Crippen LogP contribution in [-0.2, 0) is 20.7 Å². The summed E-state index contributed by atoms with van der Waals surface area (Å²) in [5, 5.41) is 4.13. The van der Waals surface area contributed by atoms with Gasteiger partial charge in [0.05, 0.1) is 12.7 Å². The lowest BCUT2D eigenvalue weighted by atomic mass is 10.1. The molecule has 0 aliphatic heterocycles. The van der Waals surface area contributed by atoms with Crippen molar-refractivity contribution < 1.29 is 14.3 Å². The zero-order valence-electron chi connectivity index (χ0n) is 13.5. The normalized spacial score (nSPS) is 11.3. The molecule has 2 aromatic heterocycles. The third-order valence-electron chi connectivity index (χ3n) is 3.37. The third kappa shape index (κ3) is 4.00. The average Bonchev–Trinajstić information content (AvgIpc) is 2.91. The topological polar surface area (TPSA) is 78.6 Å². The minimum atomic E-state index is -0.232. The first kappa shape index (κ1) is 16.4. The molecule has 2 heterocycles. The quantitative estimate of drug-likeness (QED) is 0.571. The SMILES string of the molecule is Cc1nc2ncnn2c(C)c1CCC(=O)OCCOC(C)C. The molecule has 7 heteroatoms. The van der Waals surface area contributed by atoms with E-state index in [1.165, 1.54) is 6.33 Å². The summed E-state index contributed by atoms with van der Waals surface area (Å²) < 4.78 is 12.2. The van der Waals surface area contributed by atoms with Crippen molar-refractivity contribution >= 4 is 11.7 Å². The van der Waals surface area contributed by atoms with E-state index in [4.69, 9.17) is 9.47 Å². The molecule has 0 radical (unpaired) electrons. The van der Waals surface area contributed by atoms with Crippen LogP contribution < -0.4 is 0 Å². The zero-order valence-corrected chi connectivity index (χ0v) is 13.5. The Morgan fingerprint density at radius 1 is 1.32 bits per heavy atom. The Labute approximate surface area is 129 Å². The van der Waals surface area contributed by atoms with Crippen molar-refractivity contribution in [3.8, 4) is 0 Å². The summed E-state index contributed by atoms with van der Waals surface area (Å²) in [4.78, 5) is 20.2. The highest BCUT2D eigenvalue weighted by Crippen LogP contribution is 2.15. The van der Waals surface area contributed by atoms with Gasteiger partial charge >= 0.3 is 5.97 Å². The Morgan fingerprint density at radius 2 is 2.09 bits per heavy atom. The predicted octanol–water partition coefficient (Wildman–Crippen LogP) is 1.64. The Bertz CT molecular complexity index is 652. The molecule has 2 rings (SSSR count). The Hall–Kier alpha value is -2.02. The number of aryl methyl sites for hydroxylation is 2. The molecule has 2 aromatic rings. The van der Waals surface area contributed by atoms with Crippen molar-refractivity contribution in [1.82, 2.24) is 19.6 Å². The van der Waals surface area contributed by atoms with Crippen LogP contribution in [0.4, 0.5) is 0 Å². The van der Waals surface area contributed by atoms with Gasteiger partial charge in [-0.05, 0) is 39.7 Å². The van der Waals surface area contributed by atoms with E-state index in [2.05, 4.69) is 15.1 Å². The summed E-state index contributed by atoms with van der Waals surface area (Å²) in [6.45, 7) is 8.47. The van der Waals surface area contributed by atoms with Gasteiger partial charge < -0.3 is 9.47 Å². The number of hydrogen-bond donors (Lipinski definition) is 0. The lowest BCUT2D eigenvalue weighted by Gasteiger charge is -2.11. The highest BCUT2D eigenvalue weighted by molar-refractivity contribution is 5.69. The third-order valence-corrected chi connectivity index (χ3v) is 3.37. The number of nitrogens with zero attached hydrogens (tertiary/aromatic N) is 4. The second-order valence-corrected chi connectivity index (χ2v) is 5.37. The maximum Gasteiger partial charge on any atom is 0.306 e. The van der Waals surface area contributed by atoms with Crippen LogP contribution in [0.3, 0.4) is 0 Å². The van der Waals surface area contributed by atoms with E-state index >= 15 is 0 Å². The lowest BCUT2D eigenvalue weighted by Crippen LogP contribution is -2.14. The van der Waals surface area contributed by atoms with Crippen molar-refractivity contribution in [2.24, 2.45) is 0 Å². The highest BCUT2D eigenvalue weighted by atomic mass is 16.6. The standard InChI is InChI=1S/C15H22N4O3/c1-10(2)21-7-8-22-14(20)6-5-13-11(3)18-15-16-9-17-19(15)12(13)4/h9-10H,5-8H2,1-4H3. The van der Waals surface area contributed by atoms with Crippen molar-refractivity contribution in [3.05, 3.63) is 23.3 Å². The summed E-state index contributed by atoms with van der Waals surface area (Å²) in [5.41, 5.74) is 2.83. The molecule has 0 aromatic carbocycles. The van der Waals surface area contributed by atoms with Crippen LogP contribution in [0.2, 0.25) is 0 Å². The van der Waals surface area contributed by atoms with E-state index in [1.54, 1.807) is 4.52 Å². The maximum absolute atomic E-state index is 11.8. The molecule has 0 aliphatic rings. The number of hydrogen-bond acceptors (Lipinski definition) is 6. The fourth-order valence-electron chi connectivity index (χ4n) is 2.26. The van der Waals surface area contributed by atoms with Gasteiger partial charge in [0.25, 0.3) is 5.78 Å². The summed E-state index contributed by atoms with van der Waals surface area (Å²) >= 11 is 0. The summed E-state index contributed by atoms with van der Waals surface area (Å²) in [6.07, 6.45) is 2.50. The minimum absolute atomic E-state index is 0.143. The molecule has 120 valence electrons. The van der Waals surface area contributed by atoms with Crippen LogP contribution in [0.25, 0.3) is 5.78 Å². The Balaban J connectivity index is 1.90. The largest absolute Gasteiger partial charge is 0.463 e. The Kier molecular flexibility index (Phi) is 5.43. The molecule has 0 amide bonds. The minimum Gasteiger partial charge on any atom is -0.463 e. The number of esters is 1. The molecule has 0 unspecified atom stereocenters. The van der Waals surface area contributed by atoms with Crippen molar-refractivity contribution in [1.29, 1.82) is 0 Å². The van der Waals surface area contributed by atoms with Gasteiger partial charge in [-0.3, -0.25) is 4.79 Å². The monoisotopic (exact) mass is 306 g/mol. The van der Waals surface area contributed by atoms with Crippen LogP contribution in [0, 0.1) is 13.8 Å². The molecule has 0 N–H and O–H groups in total. The second kappa shape index (κ2) is 7.31. The first-order valence-corrected chi connectivity index (χ1v) is 7.42. The molecule has 0 aliphatic carbocycles. The second-order valence-electron chi connectivity index (χ2n) is 5.37. The summed E-state index contributed by atoms with van der Waals surface area (Å²) in [7, 11) is 0. The van der Waals surface area contributed by atoms with E-state index in [-0.39, 0.29) is 18.7 Å². The summed E-state index contributed by atoms with van der Waals surface area (Å²) in [6, 6.07) is 0. The van der Waals surface area contributed by atoms with Crippen LogP contribution in [0.5, 0.6) is 0 Å². The molecule has 0 saturated carbocycles. The fraction of sp³-hybridized carbons (Fsp3) is 0.600. The molecule has 0 atom stereocenters. The molecule has 0 spiro atoms. The van der Waals surface area contributed by atoms with Gasteiger partial charge in [-0.2, -0.15) is 10.1 Å². The van der Waals surface area contributed by atoms with Crippen LogP contribution in [-0.4, -0.2) is 44.9 Å². The first-order chi connectivity index (χ1) is 10.5. The van der Waals surface area contributed by atoms with E-state index in [0.29, 0.717) is 25.2 Å². The molecular weight excluding hydrogens is 284 g/mol. The fourth-order valence-corrected chi connectivity index (χ4v) is 2.26. The van der Waals surface area contributed by atoms with Crippen molar-refractivity contribution in [3.63, 3.8) is 0 Å². The number of carbonyl (C=O) groups is 1. The number of ether oxygens (including phenoxy) is 2. The highest BCUT2D eigenvalue weighted by Gasteiger charge is 2.13. The molecule has 7 nitrogen and oxygen atoms in total. The van der Waals surface area contributed by atoms with E-state index in [1.807, 2.05) is 27.7 Å².